The predicted molar refractivity (Wildman–Crippen MR) is 52.4 cm³/mol. The molecular formula is C12H13N. The van der Waals surface area contributed by atoms with Crippen LogP contribution in [0, 0.1) is 11.3 Å². The summed E-state index contributed by atoms with van der Waals surface area (Å²) in [5.41, 5.74) is 2.98. The van der Waals surface area contributed by atoms with Crippen molar-refractivity contribution in [2.75, 3.05) is 0 Å². The highest BCUT2D eigenvalue weighted by molar-refractivity contribution is 5.34. The predicted octanol–water partition coefficient (Wildman–Crippen LogP) is 3.02. The van der Waals surface area contributed by atoms with Crippen molar-refractivity contribution in [3.8, 4) is 6.07 Å². The fourth-order valence-corrected chi connectivity index (χ4v) is 2.18. The van der Waals surface area contributed by atoms with Crippen LogP contribution in [0.25, 0.3) is 0 Å². The van der Waals surface area contributed by atoms with Crippen molar-refractivity contribution in [1.29, 1.82) is 5.26 Å². The van der Waals surface area contributed by atoms with Crippen molar-refractivity contribution in [2.45, 2.75) is 31.6 Å². The molecule has 1 aromatic carbocycles. The summed E-state index contributed by atoms with van der Waals surface area (Å²) in [6.07, 6.45) is 4.17. The van der Waals surface area contributed by atoms with Gasteiger partial charge in [-0.3, -0.25) is 0 Å². The summed E-state index contributed by atoms with van der Waals surface area (Å²) in [4.78, 5) is 0. The van der Waals surface area contributed by atoms with Crippen LogP contribution in [0.15, 0.2) is 24.3 Å². The van der Waals surface area contributed by atoms with Gasteiger partial charge in [0.2, 0.25) is 0 Å². The zero-order valence-electron chi connectivity index (χ0n) is 7.66. The third kappa shape index (κ3) is 1.58. The maximum atomic E-state index is 8.52. The van der Waals surface area contributed by atoms with Crippen LogP contribution in [0.5, 0.6) is 0 Å². The normalized spacial score (nSPS) is 19.5. The molecule has 0 amide bonds. The first-order chi connectivity index (χ1) is 6.42. The summed E-state index contributed by atoms with van der Waals surface area (Å²) >= 11 is 0. The first kappa shape index (κ1) is 8.31. The molecule has 1 aliphatic carbocycles. The van der Waals surface area contributed by atoms with Gasteiger partial charge >= 0.3 is 0 Å². The lowest BCUT2D eigenvalue weighted by molar-refractivity contribution is 0.630. The van der Waals surface area contributed by atoms with Crippen molar-refractivity contribution in [3.05, 3.63) is 35.4 Å². The molecule has 1 aromatic rings. The molecule has 0 N–H and O–H groups in total. The molecule has 2 rings (SSSR count). The van der Waals surface area contributed by atoms with Crippen LogP contribution in [0.1, 0.15) is 36.3 Å². The molecular weight excluding hydrogens is 158 g/mol. The van der Waals surface area contributed by atoms with Crippen LogP contribution in [-0.2, 0) is 6.42 Å². The second kappa shape index (κ2) is 3.62. The quantitative estimate of drug-likeness (QED) is 0.671. The topological polar surface area (TPSA) is 23.8 Å². The van der Waals surface area contributed by atoms with Gasteiger partial charge in [0.05, 0.1) is 6.07 Å². The van der Waals surface area contributed by atoms with Crippen LogP contribution in [0.2, 0.25) is 0 Å². The van der Waals surface area contributed by atoms with Gasteiger partial charge < -0.3 is 0 Å². The zero-order valence-corrected chi connectivity index (χ0v) is 7.66. The van der Waals surface area contributed by atoms with Crippen molar-refractivity contribution in [1.82, 2.24) is 0 Å². The Hall–Kier alpha value is -1.29. The van der Waals surface area contributed by atoms with E-state index in [0.717, 1.165) is 6.42 Å². The Balaban J connectivity index is 2.15. The number of nitriles is 1. The van der Waals surface area contributed by atoms with E-state index in [4.69, 9.17) is 5.26 Å². The monoisotopic (exact) mass is 171 g/mol. The maximum Gasteiger partial charge on any atom is 0.0621 e. The van der Waals surface area contributed by atoms with E-state index in [-0.39, 0.29) is 0 Å². The molecule has 66 valence electrons. The summed E-state index contributed by atoms with van der Waals surface area (Å²) in [7, 11) is 0. The fourth-order valence-electron chi connectivity index (χ4n) is 2.18. The molecule has 0 saturated heterocycles. The van der Waals surface area contributed by atoms with Crippen LogP contribution in [0.3, 0.4) is 0 Å². The number of fused-ring (bicyclic) bond motifs is 1. The Morgan fingerprint density at radius 2 is 2.23 bits per heavy atom. The van der Waals surface area contributed by atoms with Gasteiger partial charge in [-0.25, -0.2) is 0 Å². The Morgan fingerprint density at radius 1 is 1.38 bits per heavy atom. The highest BCUT2D eigenvalue weighted by Gasteiger charge is 2.20. The molecule has 0 bridgehead atoms. The molecule has 1 aliphatic rings. The van der Waals surface area contributed by atoms with Crippen LogP contribution < -0.4 is 0 Å². The number of hydrogen-bond donors (Lipinski definition) is 0. The van der Waals surface area contributed by atoms with E-state index >= 15 is 0 Å². The maximum absolute atomic E-state index is 8.52. The van der Waals surface area contributed by atoms with E-state index in [1.807, 2.05) is 0 Å². The zero-order chi connectivity index (χ0) is 9.10. The lowest BCUT2D eigenvalue weighted by atomic mass is 9.97. The molecule has 0 radical (unpaired) electrons. The third-order valence-electron chi connectivity index (χ3n) is 2.86. The summed E-state index contributed by atoms with van der Waals surface area (Å²) in [5, 5.41) is 8.52. The Morgan fingerprint density at radius 3 is 3.08 bits per heavy atom. The smallest absolute Gasteiger partial charge is 0.0621 e. The second-order valence-corrected chi connectivity index (χ2v) is 3.63. The average Bonchev–Trinajstić information content (AvgIpc) is 2.58. The van der Waals surface area contributed by atoms with Gasteiger partial charge in [-0.15, -0.1) is 0 Å². The van der Waals surface area contributed by atoms with Gasteiger partial charge in [0.25, 0.3) is 0 Å². The van der Waals surface area contributed by atoms with Crippen molar-refractivity contribution < 1.29 is 0 Å². The van der Waals surface area contributed by atoms with Gasteiger partial charge in [-0.2, -0.15) is 5.26 Å². The summed E-state index contributed by atoms with van der Waals surface area (Å²) in [6, 6.07) is 10.9. The number of nitrogens with zero attached hydrogens (tertiary/aromatic N) is 1. The van der Waals surface area contributed by atoms with E-state index in [1.165, 1.54) is 24.0 Å². The first-order valence-corrected chi connectivity index (χ1v) is 4.86. The molecule has 1 nitrogen and oxygen atoms in total. The van der Waals surface area contributed by atoms with E-state index in [0.29, 0.717) is 12.3 Å². The molecule has 1 atom stereocenters. The van der Waals surface area contributed by atoms with Gasteiger partial charge in [-0.1, -0.05) is 24.3 Å². The van der Waals surface area contributed by atoms with E-state index in [9.17, 15) is 0 Å². The summed E-state index contributed by atoms with van der Waals surface area (Å²) in [5.74, 6) is 0.649. The average molecular weight is 171 g/mol. The Labute approximate surface area is 79.0 Å². The highest BCUT2D eigenvalue weighted by atomic mass is 14.3. The minimum Gasteiger partial charge on any atom is -0.198 e. The molecule has 0 heterocycles. The number of benzene rings is 1. The minimum absolute atomic E-state index is 0.649. The molecule has 0 fully saturated rings. The highest BCUT2D eigenvalue weighted by Crippen LogP contribution is 2.35. The largest absolute Gasteiger partial charge is 0.198 e. The van der Waals surface area contributed by atoms with E-state index in [2.05, 4.69) is 30.3 Å². The molecule has 0 aromatic heterocycles. The van der Waals surface area contributed by atoms with Crippen LogP contribution in [0.4, 0.5) is 0 Å². The van der Waals surface area contributed by atoms with Crippen molar-refractivity contribution in [2.24, 2.45) is 0 Å². The van der Waals surface area contributed by atoms with Crippen molar-refractivity contribution >= 4 is 0 Å². The summed E-state index contributed by atoms with van der Waals surface area (Å²) in [6.45, 7) is 0. The number of hydrogen-bond acceptors (Lipinski definition) is 1. The van der Waals surface area contributed by atoms with Gasteiger partial charge in [0, 0.05) is 6.42 Å². The minimum atomic E-state index is 0.649. The van der Waals surface area contributed by atoms with E-state index in [1.54, 1.807) is 0 Å². The van der Waals surface area contributed by atoms with Gasteiger partial charge in [0.1, 0.15) is 0 Å². The third-order valence-corrected chi connectivity index (χ3v) is 2.86. The first-order valence-electron chi connectivity index (χ1n) is 4.86. The molecule has 0 saturated carbocycles. The lowest BCUT2D eigenvalue weighted by Gasteiger charge is -2.07. The lowest BCUT2D eigenvalue weighted by Crippen LogP contribution is -1.91. The van der Waals surface area contributed by atoms with Crippen LogP contribution in [-0.4, -0.2) is 0 Å². The van der Waals surface area contributed by atoms with E-state index < -0.39 is 0 Å². The van der Waals surface area contributed by atoms with Gasteiger partial charge in [0.15, 0.2) is 0 Å². The molecule has 13 heavy (non-hydrogen) atoms. The Bertz CT molecular complexity index is 335. The standard InChI is InChI=1S/C12H13N/c13-9-3-5-11-8-7-10-4-1-2-6-12(10)11/h1-2,4,6,11H,3,5,7-8H2. The number of rotatable bonds is 2. The number of aryl methyl sites for hydroxylation is 1. The molecule has 0 spiro atoms. The molecule has 0 aliphatic heterocycles. The second-order valence-electron chi connectivity index (χ2n) is 3.63. The Kier molecular flexibility index (Phi) is 2.31. The summed E-state index contributed by atoms with van der Waals surface area (Å²) < 4.78 is 0. The SMILES string of the molecule is N#CCCC1CCc2ccccc21. The van der Waals surface area contributed by atoms with Gasteiger partial charge in [-0.05, 0) is 36.3 Å². The van der Waals surface area contributed by atoms with Crippen molar-refractivity contribution in [3.63, 3.8) is 0 Å². The molecule has 1 unspecified atom stereocenters. The molecule has 1 heteroatoms. The van der Waals surface area contributed by atoms with Crippen LogP contribution >= 0.6 is 0 Å². The fraction of sp³-hybridized carbons (Fsp3) is 0.417.